The van der Waals surface area contributed by atoms with E-state index in [9.17, 15) is 17.6 Å². The predicted molar refractivity (Wildman–Crippen MR) is 99.1 cm³/mol. The van der Waals surface area contributed by atoms with Crippen molar-refractivity contribution in [1.82, 2.24) is 9.29 Å². The van der Waals surface area contributed by atoms with E-state index in [1.807, 2.05) is 6.07 Å². The Morgan fingerprint density at radius 1 is 1.42 bits per heavy atom. The first-order valence-corrected chi connectivity index (χ1v) is 11.0. The van der Waals surface area contributed by atoms with Crippen LogP contribution in [-0.4, -0.2) is 42.5 Å². The normalized spacial score (nSPS) is 18.6. The van der Waals surface area contributed by atoms with Crippen molar-refractivity contribution in [3.05, 3.63) is 46.7 Å². The molecule has 1 unspecified atom stereocenters. The van der Waals surface area contributed by atoms with Crippen LogP contribution in [0.3, 0.4) is 0 Å². The molecule has 1 saturated heterocycles. The van der Waals surface area contributed by atoms with Gasteiger partial charge in [0.25, 0.3) is 0 Å². The lowest BCUT2D eigenvalue weighted by atomic mass is 10.0. The molecule has 1 aromatic carbocycles. The van der Waals surface area contributed by atoms with Crippen molar-refractivity contribution >= 4 is 32.4 Å². The molecule has 0 aliphatic carbocycles. The fraction of sp³-hybridized carbons (Fsp3) is 0.412. The van der Waals surface area contributed by atoms with Gasteiger partial charge in [0, 0.05) is 24.0 Å². The number of hydrogen-bond acceptors (Lipinski definition) is 5. The summed E-state index contributed by atoms with van der Waals surface area (Å²) in [6, 6.07) is 5.63. The third-order valence-electron chi connectivity index (χ3n) is 4.23. The zero-order chi connectivity index (χ0) is 18.7. The zero-order valence-electron chi connectivity index (χ0n) is 14.3. The Hall–Kier alpha value is -1.84. The van der Waals surface area contributed by atoms with E-state index in [-0.39, 0.29) is 11.7 Å². The molecular formula is C17H20FN3O3S2. The Morgan fingerprint density at radius 3 is 2.96 bits per heavy atom. The van der Waals surface area contributed by atoms with Gasteiger partial charge in [0.2, 0.25) is 15.9 Å². The average Bonchev–Trinajstić information content (AvgIpc) is 3.01. The van der Waals surface area contributed by atoms with Crippen LogP contribution in [0.1, 0.15) is 29.7 Å². The summed E-state index contributed by atoms with van der Waals surface area (Å²) in [6.45, 7) is 0.361. The van der Waals surface area contributed by atoms with Crippen LogP contribution in [0.2, 0.25) is 0 Å². The number of aromatic nitrogens is 1. The Bertz CT molecular complexity index is 898. The van der Waals surface area contributed by atoms with E-state index in [0.29, 0.717) is 24.5 Å². The number of anilines is 1. The highest BCUT2D eigenvalue weighted by atomic mass is 32.2. The molecule has 1 aliphatic heterocycles. The van der Waals surface area contributed by atoms with Crippen molar-refractivity contribution in [3.63, 3.8) is 0 Å². The summed E-state index contributed by atoms with van der Waals surface area (Å²) in [4.78, 5) is 17.6. The second kappa shape index (κ2) is 7.81. The molecule has 140 valence electrons. The Kier molecular flexibility index (Phi) is 5.69. The van der Waals surface area contributed by atoms with E-state index in [4.69, 9.17) is 0 Å². The van der Waals surface area contributed by atoms with Gasteiger partial charge in [-0.15, -0.1) is 11.3 Å². The maximum absolute atomic E-state index is 13.3. The number of thiazole rings is 1. The van der Waals surface area contributed by atoms with Crippen LogP contribution in [-0.2, 0) is 21.2 Å². The van der Waals surface area contributed by atoms with Gasteiger partial charge in [-0.05, 0) is 30.5 Å². The first-order chi connectivity index (χ1) is 12.3. The van der Waals surface area contributed by atoms with Gasteiger partial charge in [-0.2, -0.15) is 4.31 Å². The molecule has 1 aromatic heterocycles. The number of hydrogen-bond donors (Lipinski definition) is 1. The van der Waals surface area contributed by atoms with Gasteiger partial charge < -0.3 is 5.32 Å². The molecule has 0 radical (unpaired) electrons. The fourth-order valence-electron chi connectivity index (χ4n) is 3.05. The molecule has 3 rings (SSSR count). The Labute approximate surface area is 156 Å². The smallest absolute Gasteiger partial charge is 0.244 e. The molecule has 1 amide bonds. The maximum Gasteiger partial charge on any atom is 0.244 e. The molecule has 1 aliphatic rings. The topological polar surface area (TPSA) is 79.4 Å². The van der Waals surface area contributed by atoms with Crippen molar-refractivity contribution in [3.8, 4) is 0 Å². The lowest BCUT2D eigenvalue weighted by molar-refractivity contribution is -0.120. The van der Waals surface area contributed by atoms with Gasteiger partial charge in [0.05, 0.1) is 6.26 Å². The summed E-state index contributed by atoms with van der Waals surface area (Å²) in [5.74, 6) is -0.652. The highest BCUT2D eigenvalue weighted by Gasteiger charge is 2.34. The van der Waals surface area contributed by atoms with Gasteiger partial charge in [-0.25, -0.2) is 17.8 Å². The van der Waals surface area contributed by atoms with Crippen LogP contribution in [0.25, 0.3) is 0 Å². The summed E-state index contributed by atoms with van der Waals surface area (Å²) in [7, 11) is -3.43. The fourth-order valence-corrected chi connectivity index (χ4v) is 5.02. The number of sulfonamides is 1. The predicted octanol–water partition coefficient (Wildman–Crippen LogP) is 2.63. The molecule has 2 heterocycles. The van der Waals surface area contributed by atoms with Crippen LogP contribution >= 0.6 is 11.3 Å². The maximum atomic E-state index is 13.3. The Balaban J connectivity index is 1.67. The lowest BCUT2D eigenvalue weighted by Gasteiger charge is -2.32. The second-order valence-electron chi connectivity index (χ2n) is 6.31. The average molecular weight is 397 g/mol. The second-order valence-corrected chi connectivity index (χ2v) is 9.36. The number of benzene rings is 1. The van der Waals surface area contributed by atoms with Crippen molar-refractivity contribution in [2.75, 3.05) is 18.1 Å². The van der Waals surface area contributed by atoms with E-state index < -0.39 is 16.1 Å². The monoisotopic (exact) mass is 397 g/mol. The molecule has 1 N–H and O–H groups in total. The first-order valence-electron chi connectivity index (χ1n) is 8.30. The van der Waals surface area contributed by atoms with Crippen LogP contribution < -0.4 is 5.32 Å². The van der Waals surface area contributed by atoms with Gasteiger partial charge in [0.15, 0.2) is 5.13 Å². The SMILES string of the molecule is CS(=O)(=O)N1CCCCC1C(=O)Nc1ncc(Cc2cccc(F)c2)s1. The number of nitrogens with one attached hydrogen (secondary N) is 1. The first kappa shape index (κ1) is 18.9. The van der Waals surface area contributed by atoms with Crippen molar-refractivity contribution in [1.29, 1.82) is 0 Å². The van der Waals surface area contributed by atoms with E-state index >= 15 is 0 Å². The number of rotatable bonds is 5. The molecule has 1 atom stereocenters. The number of amides is 1. The molecule has 0 saturated carbocycles. The van der Waals surface area contributed by atoms with Crippen LogP contribution in [0.4, 0.5) is 9.52 Å². The van der Waals surface area contributed by atoms with Gasteiger partial charge in [-0.3, -0.25) is 4.79 Å². The van der Waals surface area contributed by atoms with Crippen LogP contribution in [0, 0.1) is 5.82 Å². The van der Waals surface area contributed by atoms with Crippen LogP contribution in [0.5, 0.6) is 0 Å². The third kappa shape index (κ3) is 4.66. The number of nitrogens with zero attached hydrogens (tertiary/aromatic N) is 2. The molecule has 26 heavy (non-hydrogen) atoms. The largest absolute Gasteiger partial charge is 0.301 e. The summed E-state index contributed by atoms with van der Waals surface area (Å²) in [5, 5.41) is 3.14. The quantitative estimate of drug-likeness (QED) is 0.841. The number of piperidine rings is 1. The Morgan fingerprint density at radius 2 is 2.23 bits per heavy atom. The number of carbonyl (C=O) groups is 1. The minimum Gasteiger partial charge on any atom is -0.301 e. The molecule has 9 heteroatoms. The zero-order valence-corrected chi connectivity index (χ0v) is 15.9. The summed E-state index contributed by atoms with van der Waals surface area (Å²) < 4.78 is 38.3. The molecule has 1 fully saturated rings. The van der Waals surface area contributed by atoms with Crippen LogP contribution in [0.15, 0.2) is 30.5 Å². The highest BCUT2D eigenvalue weighted by molar-refractivity contribution is 7.88. The van der Waals surface area contributed by atoms with Gasteiger partial charge >= 0.3 is 0 Å². The number of halogens is 1. The van der Waals surface area contributed by atoms with E-state index in [1.54, 1.807) is 12.3 Å². The van der Waals surface area contributed by atoms with Crippen molar-refractivity contribution < 1.29 is 17.6 Å². The molecular weight excluding hydrogens is 377 g/mol. The lowest BCUT2D eigenvalue weighted by Crippen LogP contribution is -2.49. The molecule has 6 nitrogen and oxygen atoms in total. The van der Waals surface area contributed by atoms with Crippen molar-refractivity contribution in [2.45, 2.75) is 31.7 Å². The summed E-state index contributed by atoms with van der Waals surface area (Å²) in [5.41, 5.74) is 0.821. The standard InChI is InChI=1S/C17H20FN3O3S2/c1-26(23,24)21-8-3-2-7-15(21)16(22)20-17-19-11-14(25-17)10-12-5-4-6-13(18)9-12/h4-6,9,11,15H,2-3,7-8,10H2,1H3,(H,19,20,22). The van der Waals surface area contributed by atoms with E-state index in [0.717, 1.165) is 29.5 Å². The van der Waals surface area contributed by atoms with E-state index in [2.05, 4.69) is 10.3 Å². The summed E-state index contributed by atoms with van der Waals surface area (Å²) >= 11 is 1.30. The number of carbonyl (C=O) groups excluding carboxylic acids is 1. The van der Waals surface area contributed by atoms with Gasteiger partial charge in [0.1, 0.15) is 11.9 Å². The van der Waals surface area contributed by atoms with Gasteiger partial charge in [-0.1, -0.05) is 18.6 Å². The minimum absolute atomic E-state index is 0.293. The molecule has 0 bridgehead atoms. The van der Waals surface area contributed by atoms with Crippen molar-refractivity contribution in [2.24, 2.45) is 0 Å². The molecule has 2 aromatic rings. The molecule has 0 spiro atoms. The minimum atomic E-state index is -3.43. The highest BCUT2D eigenvalue weighted by Crippen LogP contribution is 2.24. The van der Waals surface area contributed by atoms with E-state index in [1.165, 1.54) is 27.8 Å². The summed E-state index contributed by atoms with van der Waals surface area (Å²) in [6.07, 6.45) is 5.35. The third-order valence-corrected chi connectivity index (χ3v) is 6.44.